The van der Waals surface area contributed by atoms with Gasteiger partial charge in [-0.15, -0.1) is 0 Å². The number of rotatable bonds is 6. The molecule has 3 rings (SSSR count). The Balaban J connectivity index is 1.52. The van der Waals surface area contributed by atoms with E-state index in [9.17, 15) is 4.79 Å². The molecule has 0 saturated carbocycles. The first-order chi connectivity index (χ1) is 13.1. The molecule has 1 heterocycles. The van der Waals surface area contributed by atoms with Gasteiger partial charge in [0, 0.05) is 43.8 Å². The highest BCUT2D eigenvalue weighted by Gasteiger charge is 2.28. The molecule has 0 spiro atoms. The summed E-state index contributed by atoms with van der Waals surface area (Å²) in [6.07, 6.45) is 0.957. The van der Waals surface area contributed by atoms with E-state index in [1.807, 2.05) is 12.1 Å². The predicted molar refractivity (Wildman–Crippen MR) is 107 cm³/mol. The van der Waals surface area contributed by atoms with Gasteiger partial charge in [-0.3, -0.25) is 19.8 Å². The molecule has 144 valence electrons. The highest BCUT2D eigenvalue weighted by molar-refractivity contribution is 5.93. The molecule has 1 saturated heterocycles. The number of carbonyl (C=O) groups is 1. The maximum absolute atomic E-state index is 11.4. The Morgan fingerprint density at radius 3 is 2.22 bits per heavy atom. The molecule has 1 amide bonds. The highest BCUT2D eigenvalue weighted by atomic mass is 16.5. The number of nitrogens with one attached hydrogen (secondary N) is 1. The molecule has 1 aliphatic rings. The van der Waals surface area contributed by atoms with Crippen molar-refractivity contribution in [1.82, 2.24) is 15.3 Å². The second-order valence-corrected chi connectivity index (χ2v) is 7.50. The van der Waals surface area contributed by atoms with Crippen LogP contribution in [0.3, 0.4) is 0 Å². The molecular weight excluding hydrogens is 338 g/mol. The molecule has 5 heteroatoms. The van der Waals surface area contributed by atoms with Gasteiger partial charge in [-0.05, 0) is 43.5 Å². The molecule has 2 atom stereocenters. The zero-order chi connectivity index (χ0) is 19.2. The maximum atomic E-state index is 11.4. The van der Waals surface area contributed by atoms with Gasteiger partial charge in [0.15, 0.2) is 0 Å². The minimum Gasteiger partial charge on any atom is -0.300 e. The van der Waals surface area contributed by atoms with Gasteiger partial charge in [0.05, 0.1) is 0 Å². The van der Waals surface area contributed by atoms with Crippen molar-refractivity contribution in [1.29, 1.82) is 0 Å². The lowest BCUT2D eigenvalue weighted by molar-refractivity contribution is 0.0335. The van der Waals surface area contributed by atoms with Crippen LogP contribution in [0.25, 0.3) is 0 Å². The molecule has 0 bridgehead atoms. The zero-order valence-corrected chi connectivity index (χ0v) is 16.1. The minimum atomic E-state index is -0.473. The average Bonchev–Trinajstić information content (AvgIpc) is 2.70. The quantitative estimate of drug-likeness (QED) is 0.609. The second kappa shape index (κ2) is 9.13. The Labute approximate surface area is 161 Å². The molecule has 0 aliphatic carbocycles. The first kappa shape index (κ1) is 19.5. The van der Waals surface area contributed by atoms with Gasteiger partial charge in [-0.2, -0.15) is 0 Å². The Morgan fingerprint density at radius 1 is 1.00 bits per heavy atom. The smallest absolute Gasteiger partial charge is 0.274 e. The van der Waals surface area contributed by atoms with Crippen LogP contribution < -0.4 is 5.48 Å². The normalized spacial score (nSPS) is 21.1. The van der Waals surface area contributed by atoms with Gasteiger partial charge in [0.25, 0.3) is 5.91 Å². The standard InChI is InChI=1S/C22H29N3O2/c1-17-14-24(13-12-19-8-10-21(11-9-19)22(26)23-27)15-18(2)25(17)16-20-6-4-3-5-7-20/h3-11,17-18,27H,12-16H2,1-2H3,(H,23,26)/t17-,18?/m0/s1. The summed E-state index contributed by atoms with van der Waals surface area (Å²) >= 11 is 0. The molecule has 1 unspecified atom stereocenters. The minimum absolute atomic E-state index is 0.470. The van der Waals surface area contributed by atoms with Crippen molar-refractivity contribution in [3.63, 3.8) is 0 Å². The van der Waals surface area contributed by atoms with Crippen molar-refractivity contribution in [2.24, 2.45) is 0 Å². The van der Waals surface area contributed by atoms with Crippen LogP contribution >= 0.6 is 0 Å². The molecule has 2 N–H and O–H groups in total. The number of benzene rings is 2. The molecule has 0 aromatic heterocycles. The molecule has 27 heavy (non-hydrogen) atoms. The van der Waals surface area contributed by atoms with Crippen molar-refractivity contribution in [3.8, 4) is 0 Å². The number of hydroxylamine groups is 1. The van der Waals surface area contributed by atoms with Gasteiger partial charge in [0.2, 0.25) is 0 Å². The summed E-state index contributed by atoms with van der Waals surface area (Å²) in [5, 5.41) is 8.69. The van der Waals surface area contributed by atoms with Crippen LogP contribution in [0, 0.1) is 0 Å². The topological polar surface area (TPSA) is 55.8 Å². The number of amides is 1. The van der Waals surface area contributed by atoms with Gasteiger partial charge < -0.3 is 0 Å². The number of piperazine rings is 1. The SMILES string of the molecule is CC1CN(CCc2ccc(C(=O)NO)cc2)C[C@H](C)N1Cc1ccccc1. The Morgan fingerprint density at radius 2 is 1.63 bits per heavy atom. The van der Waals surface area contributed by atoms with Crippen molar-refractivity contribution >= 4 is 5.91 Å². The molecule has 2 aromatic carbocycles. The third-order valence-electron chi connectivity index (χ3n) is 5.42. The molecule has 1 fully saturated rings. The largest absolute Gasteiger partial charge is 0.300 e. The van der Waals surface area contributed by atoms with Gasteiger partial charge in [0.1, 0.15) is 0 Å². The number of hydrogen-bond donors (Lipinski definition) is 2. The van der Waals surface area contributed by atoms with E-state index in [-0.39, 0.29) is 0 Å². The Hall–Kier alpha value is -2.21. The summed E-state index contributed by atoms with van der Waals surface area (Å²) in [4.78, 5) is 16.5. The van der Waals surface area contributed by atoms with E-state index in [1.165, 1.54) is 11.1 Å². The Bertz CT molecular complexity index is 721. The lowest BCUT2D eigenvalue weighted by Gasteiger charge is -2.44. The summed E-state index contributed by atoms with van der Waals surface area (Å²) in [5.41, 5.74) is 4.71. The number of hydrogen-bond acceptors (Lipinski definition) is 4. The first-order valence-electron chi connectivity index (χ1n) is 9.62. The molecular formula is C22H29N3O2. The van der Waals surface area contributed by atoms with Crippen LogP contribution in [-0.4, -0.2) is 52.6 Å². The second-order valence-electron chi connectivity index (χ2n) is 7.50. The fourth-order valence-corrected chi connectivity index (χ4v) is 3.93. The first-order valence-corrected chi connectivity index (χ1v) is 9.62. The number of nitrogens with zero attached hydrogens (tertiary/aromatic N) is 2. The van der Waals surface area contributed by atoms with Crippen molar-refractivity contribution in [3.05, 3.63) is 71.3 Å². The maximum Gasteiger partial charge on any atom is 0.274 e. The van der Waals surface area contributed by atoms with E-state index >= 15 is 0 Å². The monoisotopic (exact) mass is 367 g/mol. The van der Waals surface area contributed by atoms with Crippen LogP contribution in [0.5, 0.6) is 0 Å². The van der Waals surface area contributed by atoms with Crippen molar-refractivity contribution < 1.29 is 10.0 Å². The third kappa shape index (κ3) is 5.16. The van der Waals surface area contributed by atoms with Crippen LogP contribution in [0.2, 0.25) is 0 Å². The molecule has 5 nitrogen and oxygen atoms in total. The fourth-order valence-electron chi connectivity index (χ4n) is 3.93. The van der Waals surface area contributed by atoms with Gasteiger partial charge >= 0.3 is 0 Å². The molecule has 0 radical (unpaired) electrons. The lowest BCUT2D eigenvalue weighted by Crippen LogP contribution is -2.56. The van der Waals surface area contributed by atoms with E-state index < -0.39 is 5.91 Å². The molecule has 1 aliphatic heterocycles. The van der Waals surface area contributed by atoms with Crippen molar-refractivity contribution in [2.75, 3.05) is 19.6 Å². The zero-order valence-electron chi connectivity index (χ0n) is 16.1. The summed E-state index contributed by atoms with van der Waals surface area (Å²) in [5.74, 6) is -0.473. The summed E-state index contributed by atoms with van der Waals surface area (Å²) < 4.78 is 0. The highest BCUT2D eigenvalue weighted by Crippen LogP contribution is 2.19. The average molecular weight is 367 g/mol. The van der Waals surface area contributed by atoms with Gasteiger partial charge in [-0.1, -0.05) is 42.5 Å². The van der Waals surface area contributed by atoms with E-state index in [1.54, 1.807) is 17.6 Å². The predicted octanol–water partition coefficient (Wildman–Crippen LogP) is 2.94. The Kier molecular flexibility index (Phi) is 6.61. The summed E-state index contributed by atoms with van der Waals surface area (Å²) in [6.45, 7) is 8.79. The number of carbonyl (C=O) groups excluding carboxylic acids is 1. The van der Waals surface area contributed by atoms with Gasteiger partial charge in [-0.25, -0.2) is 5.48 Å². The van der Waals surface area contributed by atoms with Crippen LogP contribution in [-0.2, 0) is 13.0 Å². The summed E-state index contributed by atoms with van der Waals surface area (Å²) in [7, 11) is 0. The van der Waals surface area contributed by atoms with Crippen LogP contribution in [0.4, 0.5) is 0 Å². The van der Waals surface area contributed by atoms with E-state index in [4.69, 9.17) is 5.21 Å². The summed E-state index contributed by atoms with van der Waals surface area (Å²) in [6, 6.07) is 19.2. The fraction of sp³-hybridized carbons (Fsp3) is 0.409. The van der Waals surface area contributed by atoms with E-state index in [0.717, 1.165) is 32.6 Å². The van der Waals surface area contributed by atoms with Crippen molar-refractivity contribution in [2.45, 2.75) is 38.9 Å². The van der Waals surface area contributed by atoms with E-state index in [2.05, 4.69) is 54.0 Å². The van der Waals surface area contributed by atoms with Crippen LogP contribution in [0.15, 0.2) is 54.6 Å². The van der Waals surface area contributed by atoms with Crippen LogP contribution in [0.1, 0.15) is 35.3 Å². The van der Waals surface area contributed by atoms with E-state index in [0.29, 0.717) is 17.6 Å². The third-order valence-corrected chi connectivity index (χ3v) is 5.42. The molecule has 2 aromatic rings. The lowest BCUT2D eigenvalue weighted by atomic mass is 10.0.